The Hall–Kier alpha value is -7.61. The molecule has 21 nitrogen and oxygen atoms in total. The maximum absolute atomic E-state index is 14.0. The molecular formula is C63H85F2N11O10S. The zero-order chi connectivity index (χ0) is 62.0. The monoisotopic (exact) mass is 1230 g/mol. The number of aromatic nitrogens is 1. The Morgan fingerprint density at radius 2 is 1.47 bits per heavy atom. The molecule has 472 valence electrons. The molecule has 0 spiro atoms. The standard InChI is InChI=1S/C63H85F2N11O10S/c1-5-9-47(6-2)43-68-61(79)60(49-13-21-56(22-14-49)86-45-57(64)65)76(53-17-18-53)58(77)25-12-48-10-19-54(20-11-48)84-34-8-7-28-73(3)33-37-83-39-38-81-35-26-51(72-66)44-67-27-36-82-40-41-85-55-23-15-50(16-24-55)69-62(80)71-63-70-52(46-87-63)42-59(78)75-31-29-74(4)30-32-75/h5-6,9-11,13-16,19-24,44,46,53,57,60H,1-2,7-8,12,17-18,25-43,45,66H2,3-4H3,(H,68,79)(H2,69,70,71,80)/b47-9+,67-44?,72-51-. The van der Waals surface area contributed by atoms with E-state index in [1.807, 2.05) is 36.2 Å². The fraction of sp³-hybridized carbons (Fsp3) is 0.476. The molecule has 6 rings (SSSR count). The van der Waals surface area contributed by atoms with Gasteiger partial charge in [-0.05, 0) is 118 Å². The number of likely N-dealkylation sites (N-methyl/N-ethyl adjacent to an activating group) is 2. The van der Waals surface area contributed by atoms with Gasteiger partial charge in [0.05, 0.1) is 70.6 Å². The van der Waals surface area contributed by atoms with Crippen LogP contribution in [0.3, 0.4) is 0 Å². The number of piperazine rings is 1. The minimum Gasteiger partial charge on any atom is -0.494 e. The Morgan fingerprint density at radius 1 is 0.805 bits per heavy atom. The molecule has 1 aliphatic carbocycles. The highest BCUT2D eigenvalue weighted by Gasteiger charge is 2.41. The molecule has 2 fully saturated rings. The lowest BCUT2D eigenvalue weighted by atomic mass is 10.0. The van der Waals surface area contributed by atoms with E-state index < -0.39 is 25.1 Å². The van der Waals surface area contributed by atoms with Crippen LogP contribution in [0.1, 0.15) is 61.4 Å². The first-order chi connectivity index (χ1) is 42.3. The molecule has 87 heavy (non-hydrogen) atoms. The summed E-state index contributed by atoms with van der Waals surface area (Å²) < 4.78 is 59.7. The third kappa shape index (κ3) is 26.1. The fourth-order valence-corrected chi connectivity index (χ4v) is 9.67. The number of alkyl halides is 2. The summed E-state index contributed by atoms with van der Waals surface area (Å²) in [5, 5.41) is 14.5. The van der Waals surface area contributed by atoms with Gasteiger partial charge in [-0.25, -0.2) is 18.6 Å². The van der Waals surface area contributed by atoms with E-state index in [9.17, 15) is 28.0 Å². The van der Waals surface area contributed by atoms with Crippen molar-refractivity contribution in [2.75, 3.05) is 137 Å². The van der Waals surface area contributed by atoms with E-state index >= 15 is 0 Å². The number of hydrazone groups is 1. The molecular weight excluding hydrogens is 1140 g/mol. The van der Waals surface area contributed by atoms with E-state index in [1.165, 1.54) is 23.5 Å². The Balaban J connectivity index is 0.747. The van der Waals surface area contributed by atoms with E-state index in [2.05, 4.69) is 61.0 Å². The number of nitrogens with one attached hydrogen (secondary N) is 3. The van der Waals surface area contributed by atoms with Crippen LogP contribution in [0.4, 0.5) is 24.4 Å². The van der Waals surface area contributed by atoms with Crippen LogP contribution in [0.15, 0.2) is 125 Å². The Bertz CT molecular complexity index is 2830. The highest BCUT2D eigenvalue weighted by Crippen LogP contribution is 2.36. The fourth-order valence-electron chi connectivity index (χ4n) is 8.96. The zero-order valence-electron chi connectivity index (χ0n) is 50.1. The van der Waals surface area contributed by atoms with Crippen LogP contribution < -0.4 is 36.0 Å². The van der Waals surface area contributed by atoms with E-state index in [1.54, 1.807) is 71.1 Å². The summed E-state index contributed by atoms with van der Waals surface area (Å²) in [7, 11) is 4.10. The lowest BCUT2D eigenvalue weighted by Gasteiger charge is -2.32. The van der Waals surface area contributed by atoms with Crippen molar-refractivity contribution >= 4 is 57.8 Å². The second-order valence-corrected chi connectivity index (χ2v) is 21.7. The summed E-state index contributed by atoms with van der Waals surface area (Å²) in [5.41, 5.74) is 4.08. The quantitative estimate of drug-likeness (QED) is 0.0109. The number of aliphatic imine (C=N–C) groups is 1. The maximum atomic E-state index is 14.0. The molecule has 1 unspecified atom stereocenters. The minimum atomic E-state index is -2.62. The summed E-state index contributed by atoms with van der Waals surface area (Å²) in [5.74, 6) is 6.71. The van der Waals surface area contributed by atoms with Crippen LogP contribution in [-0.4, -0.2) is 199 Å². The van der Waals surface area contributed by atoms with Crippen LogP contribution in [0, 0.1) is 0 Å². The lowest BCUT2D eigenvalue weighted by molar-refractivity contribution is -0.141. The van der Waals surface area contributed by atoms with Crippen LogP contribution in [0.2, 0.25) is 0 Å². The number of halogens is 2. The van der Waals surface area contributed by atoms with Gasteiger partial charge >= 0.3 is 6.03 Å². The van der Waals surface area contributed by atoms with Crippen molar-refractivity contribution in [3.63, 3.8) is 0 Å². The summed E-state index contributed by atoms with van der Waals surface area (Å²) in [6, 6.07) is 19.6. The molecule has 5 N–H and O–H groups in total. The predicted molar refractivity (Wildman–Crippen MR) is 336 cm³/mol. The number of hydrogen-bond donors (Lipinski definition) is 4. The Labute approximate surface area is 513 Å². The van der Waals surface area contributed by atoms with Crippen molar-refractivity contribution < 1.29 is 56.4 Å². The Kier molecular flexibility index (Phi) is 30.3. The molecule has 24 heteroatoms. The molecule has 0 radical (unpaired) electrons. The number of ether oxygens (including phenoxy) is 6. The van der Waals surface area contributed by atoms with E-state index in [-0.39, 0.29) is 48.9 Å². The summed E-state index contributed by atoms with van der Waals surface area (Å²) in [4.78, 5) is 69.8. The molecule has 0 bridgehead atoms. The first-order valence-electron chi connectivity index (χ1n) is 29.5. The van der Waals surface area contributed by atoms with Crippen molar-refractivity contribution in [1.29, 1.82) is 0 Å². The van der Waals surface area contributed by atoms with Crippen molar-refractivity contribution in [3.05, 3.63) is 132 Å². The number of allylic oxidation sites excluding steroid dienone is 2. The van der Waals surface area contributed by atoms with Crippen LogP contribution in [0.25, 0.3) is 0 Å². The molecule has 1 aliphatic heterocycles. The van der Waals surface area contributed by atoms with Crippen LogP contribution in [0.5, 0.6) is 17.2 Å². The number of rotatable bonds is 41. The smallest absolute Gasteiger partial charge is 0.325 e. The van der Waals surface area contributed by atoms with Gasteiger partial charge in [-0.1, -0.05) is 55.7 Å². The lowest BCUT2D eigenvalue weighted by Crippen LogP contribution is -2.47. The van der Waals surface area contributed by atoms with Gasteiger partial charge in [-0.15, -0.1) is 11.3 Å². The van der Waals surface area contributed by atoms with Gasteiger partial charge in [0.15, 0.2) is 5.13 Å². The van der Waals surface area contributed by atoms with Gasteiger partial charge in [0, 0.05) is 75.4 Å². The normalized spacial score (nSPS) is 14.3. The maximum Gasteiger partial charge on any atom is 0.325 e. The van der Waals surface area contributed by atoms with Crippen molar-refractivity contribution in [1.82, 2.24) is 29.9 Å². The number of anilines is 2. The zero-order valence-corrected chi connectivity index (χ0v) is 50.9. The number of amides is 5. The van der Waals surface area contributed by atoms with Gasteiger partial charge < -0.3 is 64.5 Å². The molecule has 1 atom stereocenters. The number of urea groups is 1. The molecule has 3 aromatic carbocycles. The number of carbonyl (C=O) groups is 4. The van der Waals surface area contributed by atoms with Crippen molar-refractivity contribution in [2.45, 2.75) is 69.9 Å². The summed E-state index contributed by atoms with van der Waals surface area (Å²) in [6.45, 7) is 15.8. The molecule has 5 amide bonds. The van der Waals surface area contributed by atoms with Gasteiger partial charge in [-0.3, -0.25) is 24.7 Å². The number of aryl methyl sites for hydroxylation is 1. The third-order valence-electron chi connectivity index (χ3n) is 14.0. The highest BCUT2D eigenvalue weighted by molar-refractivity contribution is 7.14. The average molecular weight is 1230 g/mol. The Morgan fingerprint density at radius 3 is 2.16 bits per heavy atom. The van der Waals surface area contributed by atoms with Crippen molar-refractivity contribution in [2.24, 2.45) is 15.9 Å². The first kappa shape index (κ1) is 68.5. The van der Waals surface area contributed by atoms with E-state index in [0.29, 0.717) is 119 Å². The molecule has 1 aromatic heterocycles. The first-order valence-corrected chi connectivity index (χ1v) is 30.3. The minimum absolute atomic E-state index is 0.0383. The second-order valence-electron chi connectivity index (χ2n) is 20.8. The number of benzene rings is 3. The largest absolute Gasteiger partial charge is 0.494 e. The number of carbonyl (C=O) groups excluding carboxylic acids is 4. The number of unbranched alkanes of at least 4 members (excludes halogenated alkanes) is 1. The average Bonchev–Trinajstić information content (AvgIpc) is 3.23. The molecule has 4 aromatic rings. The number of thiazole rings is 1. The van der Waals surface area contributed by atoms with Gasteiger partial charge in [0.1, 0.15) is 36.5 Å². The summed E-state index contributed by atoms with van der Waals surface area (Å²) >= 11 is 1.27. The molecule has 1 saturated heterocycles. The van der Waals surface area contributed by atoms with Gasteiger partial charge in [0.2, 0.25) is 17.7 Å². The van der Waals surface area contributed by atoms with E-state index in [0.717, 1.165) is 68.7 Å². The van der Waals surface area contributed by atoms with Crippen molar-refractivity contribution in [3.8, 4) is 17.2 Å². The second kappa shape index (κ2) is 38.5. The van der Waals surface area contributed by atoms with Gasteiger partial charge in [-0.2, -0.15) is 5.10 Å². The SMILES string of the molecule is C=C/C=C(\C=C)CNC(=O)C(c1ccc(OCC(F)F)cc1)N(C(=O)CCc1ccc(OCCCCN(C)CCOCCOCC/C(C=NCCOCCOc2ccc(NC(=O)Nc3nc(CC(=O)N4CCN(C)CC4)cs3)cc2)=N/N)cc1)C1CC1. The molecule has 2 aliphatic rings. The van der Waals surface area contributed by atoms with E-state index in [4.69, 9.17) is 34.3 Å². The van der Waals surface area contributed by atoms with Crippen LogP contribution >= 0.6 is 11.3 Å². The van der Waals surface area contributed by atoms with Gasteiger partial charge in [0.25, 0.3) is 6.43 Å². The number of nitrogens with zero attached hydrogens (tertiary/aromatic N) is 7. The van der Waals surface area contributed by atoms with Crippen LogP contribution in [-0.2, 0) is 41.4 Å². The number of hydrogen-bond acceptors (Lipinski definition) is 17. The topological polar surface area (TPSA) is 236 Å². The third-order valence-corrected chi connectivity index (χ3v) is 14.8. The molecule has 1 saturated carbocycles. The number of nitrogens with two attached hydrogens (primary N) is 1. The summed E-state index contributed by atoms with van der Waals surface area (Å²) in [6.07, 6.45) is 8.72. The predicted octanol–water partition coefficient (Wildman–Crippen LogP) is 7.82. The molecule has 2 heterocycles. The highest BCUT2D eigenvalue weighted by atomic mass is 32.1.